The summed E-state index contributed by atoms with van der Waals surface area (Å²) in [5, 5.41) is 3.34. The first-order chi connectivity index (χ1) is 11.0. The predicted molar refractivity (Wildman–Crippen MR) is 89.5 cm³/mol. The number of likely N-dealkylation sites (tertiary alicyclic amines) is 1. The van der Waals surface area contributed by atoms with Crippen molar-refractivity contribution in [3.05, 3.63) is 41.9 Å². The minimum atomic E-state index is -0.434. The molecular weight excluding hydrogens is 316 g/mol. The minimum absolute atomic E-state index is 0.0515. The van der Waals surface area contributed by atoms with Crippen molar-refractivity contribution in [1.82, 2.24) is 10.2 Å². The first-order valence-corrected chi connectivity index (χ1v) is 8.02. The Morgan fingerprint density at radius 3 is 2.87 bits per heavy atom. The molecule has 0 unspecified atom stereocenters. The zero-order valence-corrected chi connectivity index (χ0v) is 13.9. The molecule has 1 saturated heterocycles. The number of amides is 2. The molecule has 0 saturated carbocycles. The molecule has 1 heterocycles. The lowest BCUT2D eigenvalue weighted by Crippen LogP contribution is -2.48. The average Bonchev–Trinajstić information content (AvgIpc) is 2.94. The molecule has 23 heavy (non-hydrogen) atoms. The molecule has 0 spiro atoms. The molecule has 0 aromatic heterocycles. The summed E-state index contributed by atoms with van der Waals surface area (Å²) >= 11 is 5.99. The van der Waals surface area contributed by atoms with Gasteiger partial charge >= 0.3 is 0 Å². The number of nitrogens with zero attached hydrogens (tertiary/aromatic N) is 1. The summed E-state index contributed by atoms with van der Waals surface area (Å²) in [5.41, 5.74) is 0. The van der Waals surface area contributed by atoms with Crippen molar-refractivity contribution in [3.63, 3.8) is 0 Å². The first-order valence-electron chi connectivity index (χ1n) is 7.64. The van der Waals surface area contributed by atoms with E-state index in [-0.39, 0.29) is 17.9 Å². The van der Waals surface area contributed by atoms with Crippen LogP contribution in [0.5, 0.6) is 5.75 Å². The molecule has 5 nitrogen and oxygen atoms in total. The van der Waals surface area contributed by atoms with E-state index in [2.05, 4.69) is 11.9 Å². The van der Waals surface area contributed by atoms with Gasteiger partial charge in [0.15, 0.2) is 0 Å². The second kappa shape index (κ2) is 8.02. The highest BCUT2D eigenvalue weighted by Crippen LogP contribution is 2.24. The van der Waals surface area contributed by atoms with Crippen molar-refractivity contribution in [2.45, 2.75) is 31.8 Å². The van der Waals surface area contributed by atoms with Crippen LogP contribution in [0, 0.1) is 0 Å². The summed E-state index contributed by atoms with van der Waals surface area (Å²) < 4.78 is 5.52. The smallest absolute Gasteiger partial charge is 0.246 e. The minimum Gasteiger partial charge on any atom is -0.490 e. The molecule has 1 fully saturated rings. The largest absolute Gasteiger partial charge is 0.490 e. The fraction of sp³-hybridized carbons (Fsp3) is 0.412. The van der Waals surface area contributed by atoms with E-state index in [9.17, 15) is 9.59 Å². The van der Waals surface area contributed by atoms with Crippen LogP contribution < -0.4 is 10.1 Å². The van der Waals surface area contributed by atoms with E-state index >= 15 is 0 Å². The third-order valence-electron chi connectivity index (χ3n) is 3.90. The van der Waals surface area contributed by atoms with Crippen LogP contribution in [0.25, 0.3) is 0 Å². The fourth-order valence-electron chi connectivity index (χ4n) is 2.73. The van der Waals surface area contributed by atoms with E-state index in [1.807, 2.05) is 19.1 Å². The van der Waals surface area contributed by atoms with Crippen molar-refractivity contribution in [2.24, 2.45) is 0 Å². The van der Waals surface area contributed by atoms with Gasteiger partial charge in [-0.3, -0.25) is 9.59 Å². The molecule has 2 amide bonds. The lowest BCUT2D eigenvalue weighted by atomic mass is 10.2. The maximum Gasteiger partial charge on any atom is 0.246 e. The molecule has 1 aliphatic rings. The molecule has 0 radical (unpaired) electrons. The Bertz CT molecular complexity index is 591. The highest BCUT2D eigenvalue weighted by Gasteiger charge is 2.37. The molecule has 1 aromatic carbocycles. The van der Waals surface area contributed by atoms with Crippen LogP contribution in [0.1, 0.15) is 19.8 Å². The number of ether oxygens (including phenoxy) is 1. The fourth-order valence-corrected chi connectivity index (χ4v) is 2.92. The van der Waals surface area contributed by atoms with Gasteiger partial charge in [-0.15, -0.1) is 0 Å². The van der Waals surface area contributed by atoms with E-state index in [1.54, 1.807) is 17.0 Å². The highest BCUT2D eigenvalue weighted by molar-refractivity contribution is 6.32. The van der Waals surface area contributed by atoms with Gasteiger partial charge in [0.2, 0.25) is 11.8 Å². The van der Waals surface area contributed by atoms with Crippen LogP contribution >= 0.6 is 11.6 Å². The Morgan fingerprint density at radius 2 is 2.17 bits per heavy atom. The zero-order valence-electron chi connectivity index (χ0n) is 13.1. The van der Waals surface area contributed by atoms with Crippen molar-refractivity contribution in [1.29, 1.82) is 0 Å². The van der Waals surface area contributed by atoms with Crippen LogP contribution in [-0.2, 0) is 9.59 Å². The normalized spacial score (nSPS) is 20.2. The summed E-state index contributed by atoms with van der Waals surface area (Å²) in [4.78, 5) is 25.8. The van der Waals surface area contributed by atoms with Crippen LogP contribution in [0.3, 0.4) is 0 Å². The SMILES string of the molecule is C=CC(=O)N1[C@@H](C)CC[C@H]1C(=O)NCCOc1ccccc1Cl. The van der Waals surface area contributed by atoms with Crippen LogP contribution in [0.4, 0.5) is 0 Å². The lowest BCUT2D eigenvalue weighted by molar-refractivity contribution is -0.136. The van der Waals surface area contributed by atoms with Gasteiger partial charge < -0.3 is 15.0 Å². The van der Waals surface area contributed by atoms with Crippen molar-refractivity contribution in [3.8, 4) is 5.75 Å². The molecule has 0 aliphatic carbocycles. The number of benzene rings is 1. The molecule has 2 rings (SSSR count). The van der Waals surface area contributed by atoms with Crippen molar-refractivity contribution < 1.29 is 14.3 Å². The number of rotatable bonds is 6. The molecule has 124 valence electrons. The predicted octanol–water partition coefficient (Wildman–Crippen LogP) is 2.40. The van der Waals surface area contributed by atoms with Gasteiger partial charge in [0.25, 0.3) is 0 Å². The molecule has 2 atom stereocenters. The summed E-state index contributed by atoms with van der Waals surface area (Å²) in [5.74, 6) is 0.219. The van der Waals surface area contributed by atoms with E-state index < -0.39 is 6.04 Å². The van der Waals surface area contributed by atoms with Gasteiger partial charge in [-0.25, -0.2) is 0 Å². The second-order valence-electron chi connectivity index (χ2n) is 5.46. The number of carbonyl (C=O) groups is 2. The third-order valence-corrected chi connectivity index (χ3v) is 4.21. The standard InChI is InChI=1S/C17H21ClN2O3/c1-3-16(21)20-12(2)8-9-14(20)17(22)19-10-11-23-15-7-5-4-6-13(15)18/h3-7,12,14H,1,8-11H2,2H3,(H,19,22)/t12-,14-/m0/s1. The summed E-state index contributed by atoms with van der Waals surface area (Å²) in [6.45, 7) is 6.10. The van der Waals surface area contributed by atoms with Gasteiger partial charge in [0.1, 0.15) is 18.4 Å². The Labute approximate surface area is 141 Å². The number of carbonyl (C=O) groups excluding carboxylic acids is 2. The van der Waals surface area contributed by atoms with Gasteiger partial charge in [-0.2, -0.15) is 0 Å². The van der Waals surface area contributed by atoms with Gasteiger partial charge in [-0.05, 0) is 38.0 Å². The Hall–Kier alpha value is -2.01. The number of nitrogens with one attached hydrogen (secondary N) is 1. The van der Waals surface area contributed by atoms with E-state index in [0.29, 0.717) is 30.3 Å². The summed E-state index contributed by atoms with van der Waals surface area (Å²) in [7, 11) is 0. The average molecular weight is 337 g/mol. The van der Waals surface area contributed by atoms with Crippen molar-refractivity contribution in [2.75, 3.05) is 13.2 Å². The zero-order chi connectivity index (χ0) is 16.8. The second-order valence-corrected chi connectivity index (χ2v) is 5.87. The Morgan fingerprint density at radius 1 is 1.43 bits per heavy atom. The number of halogens is 1. The first kappa shape index (κ1) is 17.3. The molecule has 1 aliphatic heterocycles. The van der Waals surface area contributed by atoms with Gasteiger partial charge in [-0.1, -0.05) is 30.3 Å². The number of hydrogen-bond donors (Lipinski definition) is 1. The summed E-state index contributed by atoms with van der Waals surface area (Å²) in [6, 6.07) is 6.79. The van der Waals surface area contributed by atoms with E-state index in [1.165, 1.54) is 6.08 Å². The van der Waals surface area contributed by atoms with E-state index in [4.69, 9.17) is 16.3 Å². The lowest BCUT2D eigenvalue weighted by Gasteiger charge is -2.26. The topological polar surface area (TPSA) is 58.6 Å². The summed E-state index contributed by atoms with van der Waals surface area (Å²) in [6.07, 6.45) is 2.73. The van der Waals surface area contributed by atoms with E-state index in [0.717, 1.165) is 6.42 Å². The molecule has 0 bridgehead atoms. The molecule has 1 N–H and O–H groups in total. The molecular formula is C17H21ClN2O3. The highest BCUT2D eigenvalue weighted by atomic mass is 35.5. The van der Waals surface area contributed by atoms with Gasteiger partial charge in [0, 0.05) is 6.04 Å². The quantitative estimate of drug-likeness (QED) is 0.641. The van der Waals surface area contributed by atoms with Crippen molar-refractivity contribution >= 4 is 23.4 Å². The van der Waals surface area contributed by atoms with Gasteiger partial charge in [0.05, 0.1) is 11.6 Å². The molecule has 6 heteroatoms. The third kappa shape index (κ3) is 4.26. The molecule has 1 aromatic rings. The van der Waals surface area contributed by atoms with Crippen LogP contribution in [0.2, 0.25) is 5.02 Å². The maximum atomic E-state index is 12.3. The van der Waals surface area contributed by atoms with Crippen LogP contribution in [0.15, 0.2) is 36.9 Å². The Balaban J connectivity index is 1.81. The Kier molecular flexibility index (Phi) is 6.04. The number of para-hydroxylation sites is 1. The van der Waals surface area contributed by atoms with Crippen LogP contribution in [-0.4, -0.2) is 41.9 Å². The number of hydrogen-bond acceptors (Lipinski definition) is 3. The maximum absolute atomic E-state index is 12.3. The monoisotopic (exact) mass is 336 g/mol.